The van der Waals surface area contributed by atoms with Crippen LogP contribution in [0.5, 0.6) is 0 Å². The van der Waals surface area contributed by atoms with Crippen molar-refractivity contribution in [3.8, 4) is 0 Å². The van der Waals surface area contributed by atoms with Gasteiger partial charge in [-0.1, -0.05) is 72.6 Å². The van der Waals surface area contributed by atoms with E-state index < -0.39 is 0 Å². The van der Waals surface area contributed by atoms with Crippen molar-refractivity contribution in [2.24, 2.45) is 0 Å². The predicted molar refractivity (Wildman–Crippen MR) is 125 cm³/mol. The van der Waals surface area contributed by atoms with Crippen LogP contribution in [0.2, 0.25) is 0 Å². The number of nitrogens with one attached hydrogen (secondary N) is 3. The van der Waals surface area contributed by atoms with Crippen LogP contribution in [0.3, 0.4) is 0 Å². The number of anilines is 1. The highest BCUT2D eigenvalue weighted by Crippen LogP contribution is 2.09. The summed E-state index contributed by atoms with van der Waals surface area (Å²) in [5, 5.41) is 6.58. The summed E-state index contributed by atoms with van der Waals surface area (Å²) >= 11 is 1.55. The molecule has 3 rings (SSSR count). The lowest BCUT2D eigenvalue weighted by Gasteiger charge is -2.20. The molecule has 0 saturated carbocycles. The number of carbonyl (C=O) groups is 1. The van der Waals surface area contributed by atoms with E-state index in [-0.39, 0.29) is 11.9 Å². The van der Waals surface area contributed by atoms with Gasteiger partial charge in [0.25, 0.3) is 0 Å². The largest absolute Gasteiger partial charge is 0.385 e. The Kier molecular flexibility index (Phi) is 9.24. The number of hydrogen-bond donors (Lipinski definition) is 3. The van der Waals surface area contributed by atoms with Crippen LogP contribution in [0.1, 0.15) is 17.5 Å². The Labute approximate surface area is 182 Å². The number of rotatable bonds is 12. The van der Waals surface area contributed by atoms with Gasteiger partial charge in [0.05, 0.1) is 6.54 Å². The Morgan fingerprint density at radius 3 is 2.27 bits per heavy atom. The summed E-state index contributed by atoms with van der Waals surface area (Å²) in [6, 6.07) is 24.5. The number of carbonyl (C=O) groups excluding carboxylic acids is 1. The Hall–Kier alpha value is -2.83. The second-order valence-corrected chi connectivity index (χ2v) is 7.87. The first kappa shape index (κ1) is 21.9. The molecular formula is C24H28N4OS. The minimum Gasteiger partial charge on any atom is -0.385 e. The average Bonchev–Trinajstić information content (AvgIpc) is 2.79. The molecule has 0 spiro atoms. The van der Waals surface area contributed by atoms with Crippen LogP contribution in [0.25, 0.3) is 0 Å². The van der Waals surface area contributed by atoms with Gasteiger partial charge >= 0.3 is 0 Å². The number of nitrogens with zero attached hydrogens (tertiary/aromatic N) is 1. The maximum absolute atomic E-state index is 12.5. The summed E-state index contributed by atoms with van der Waals surface area (Å²) in [5.74, 6) is 0.845. The molecule has 6 heteroatoms. The molecule has 1 aromatic heterocycles. The quantitative estimate of drug-likeness (QED) is 0.305. The lowest BCUT2D eigenvalue weighted by molar-refractivity contribution is -0.120. The zero-order chi connectivity index (χ0) is 20.9. The normalized spacial score (nSPS) is 11.6. The fourth-order valence-corrected chi connectivity index (χ4v) is 3.78. The van der Waals surface area contributed by atoms with Crippen molar-refractivity contribution >= 4 is 23.5 Å². The molecule has 0 aliphatic heterocycles. The van der Waals surface area contributed by atoms with Crippen LogP contribution in [-0.2, 0) is 17.0 Å². The van der Waals surface area contributed by atoms with E-state index in [0.717, 1.165) is 30.8 Å². The van der Waals surface area contributed by atoms with Crippen LogP contribution in [0.15, 0.2) is 85.2 Å². The third kappa shape index (κ3) is 8.27. The molecule has 0 saturated heterocycles. The van der Waals surface area contributed by atoms with Gasteiger partial charge in [0.2, 0.25) is 5.91 Å². The molecule has 5 nitrogen and oxygen atoms in total. The number of aromatic nitrogens is 1. The number of hydrogen-bond acceptors (Lipinski definition) is 5. The van der Waals surface area contributed by atoms with E-state index in [1.165, 1.54) is 11.1 Å². The van der Waals surface area contributed by atoms with Crippen molar-refractivity contribution in [1.29, 1.82) is 0 Å². The third-order valence-corrected chi connectivity index (χ3v) is 5.43. The van der Waals surface area contributed by atoms with Crippen molar-refractivity contribution < 1.29 is 4.79 Å². The molecule has 1 amide bonds. The van der Waals surface area contributed by atoms with E-state index in [1.807, 2.05) is 48.5 Å². The summed E-state index contributed by atoms with van der Waals surface area (Å²) < 4.78 is 3.17. The van der Waals surface area contributed by atoms with Gasteiger partial charge < -0.3 is 10.6 Å². The number of pyridine rings is 1. The zero-order valence-corrected chi connectivity index (χ0v) is 17.8. The fourth-order valence-electron chi connectivity index (χ4n) is 3.09. The minimum absolute atomic E-state index is 0.0143. The predicted octanol–water partition coefficient (Wildman–Crippen LogP) is 4.05. The van der Waals surface area contributed by atoms with Gasteiger partial charge in [-0.25, -0.2) is 0 Å². The molecule has 3 aromatic rings. The topological polar surface area (TPSA) is 66.1 Å². The van der Waals surface area contributed by atoms with Crippen LogP contribution >= 0.6 is 11.9 Å². The Morgan fingerprint density at radius 1 is 0.900 bits per heavy atom. The Morgan fingerprint density at radius 2 is 1.57 bits per heavy atom. The highest BCUT2D eigenvalue weighted by atomic mass is 32.2. The van der Waals surface area contributed by atoms with E-state index in [9.17, 15) is 4.79 Å². The van der Waals surface area contributed by atoms with Crippen molar-refractivity contribution in [3.05, 3.63) is 96.3 Å². The van der Waals surface area contributed by atoms with E-state index in [2.05, 4.69) is 44.6 Å². The molecule has 0 unspecified atom stereocenters. The van der Waals surface area contributed by atoms with Crippen molar-refractivity contribution in [2.75, 3.05) is 18.4 Å². The van der Waals surface area contributed by atoms with Gasteiger partial charge in [-0.3, -0.25) is 14.5 Å². The second kappa shape index (κ2) is 12.7. The molecule has 0 radical (unpaired) electrons. The maximum atomic E-state index is 12.5. The van der Waals surface area contributed by atoms with Crippen LogP contribution < -0.4 is 15.4 Å². The van der Waals surface area contributed by atoms with Gasteiger partial charge in [0.1, 0.15) is 0 Å². The molecule has 2 aromatic carbocycles. The van der Waals surface area contributed by atoms with E-state index >= 15 is 0 Å². The van der Waals surface area contributed by atoms with Gasteiger partial charge in [0.15, 0.2) is 0 Å². The molecule has 1 heterocycles. The molecule has 30 heavy (non-hydrogen) atoms. The smallest absolute Gasteiger partial charge is 0.235 e. The van der Waals surface area contributed by atoms with E-state index in [4.69, 9.17) is 0 Å². The SMILES string of the molecule is O=C(CNSCc1ccccc1)N[C@H](CCNc1ccncc1)Cc1ccccc1. The summed E-state index contributed by atoms with van der Waals surface area (Å²) in [4.78, 5) is 16.5. The van der Waals surface area contributed by atoms with E-state index in [0.29, 0.717) is 6.54 Å². The van der Waals surface area contributed by atoms with Crippen molar-refractivity contribution in [3.63, 3.8) is 0 Å². The van der Waals surface area contributed by atoms with Crippen LogP contribution in [0.4, 0.5) is 5.69 Å². The molecular weight excluding hydrogens is 392 g/mol. The molecule has 0 fully saturated rings. The molecule has 156 valence electrons. The highest BCUT2D eigenvalue weighted by Gasteiger charge is 2.13. The van der Waals surface area contributed by atoms with Gasteiger partial charge in [-0.15, -0.1) is 0 Å². The maximum Gasteiger partial charge on any atom is 0.235 e. The zero-order valence-electron chi connectivity index (χ0n) is 17.0. The highest BCUT2D eigenvalue weighted by molar-refractivity contribution is 7.96. The van der Waals surface area contributed by atoms with E-state index in [1.54, 1.807) is 24.3 Å². The minimum atomic E-state index is 0.0143. The Balaban J connectivity index is 1.44. The van der Waals surface area contributed by atoms with Gasteiger partial charge in [-0.05, 0) is 36.1 Å². The monoisotopic (exact) mass is 420 g/mol. The standard InChI is InChI=1S/C24H28N4OS/c29-24(18-27-30-19-21-9-5-2-6-10-21)28-23(17-20-7-3-1-4-8-20)13-16-26-22-11-14-25-15-12-22/h1-12,14-15,23,27H,13,16-19H2,(H,25,26)(H,28,29)/t23-/m1/s1. The van der Waals surface area contributed by atoms with Crippen LogP contribution in [-0.4, -0.2) is 30.0 Å². The lowest BCUT2D eigenvalue weighted by atomic mass is 10.0. The van der Waals surface area contributed by atoms with Gasteiger partial charge in [-0.2, -0.15) is 0 Å². The lowest BCUT2D eigenvalue weighted by Crippen LogP contribution is -2.41. The summed E-state index contributed by atoms with van der Waals surface area (Å²) in [7, 11) is 0. The summed E-state index contributed by atoms with van der Waals surface area (Å²) in [6.07, 6.45) is 5.18. The van der Waals surface area contributed by atoms with Gasteiger partial charge in [0, 0.05) is 36.4 Å². The first-order valence-electron chi connectivity index (χ1n) is 10.2. The second-order valence-electron chi connectivity index (χ2n) is 7.00. The third-order valence-electron chi connectivity index (χ3n) is 4.61. The molecule has 0 bridgehead atoms. The first-order chi connectivity index (χ1) is 14.8. The molecule has 1 atom stereocenters. The number of benzene rings is 2. The van der Waals surface area contributed by atoms with Crippen LogP contribution in [0, 0.1) is 0 Å². The summed E-state index contributed by atoms with van der Waals surface area (Å²) in [5.41, 5.74) is 3.49. The molecule has 0 aliphatic carbocycles. The van der Waals surface area contributed by atoms with Crippen molar-refractivity contribution in [2.45, 2.75) is 24.6 Å². The number of amides is 1. The molecule has 0 aliphatic rings. The van der Waals surface area contributed by atoms with Crippen molar-refractivity contribution in [1.82, 2.24) is 15.0 Å². The fraction of sp³-hybridized carbons (Fsp3) is 0.250. The molecule has 3 N–H and O–H groups in total. The average molecular weight is 421 g/mol. The Bertz CT molecular complexity index is 862. The first-order valence-corrected chi connectivity index (χ1v) is 11.1. The summed E-state index contributed by atoms with van der Waals surface area (Å²) in [6.45, 7) is 1.07.